The molecule has 0 aliphatic heterocycles. The number of ether oxygens (including phenoxy) is 1. The molecule has 1 N–H and O–H groups in total. The summed E-state index contributed by atoms with van der Waals surface area (Å²) in [6.07, 6.45) is 0.385. The number of hydrogen-bond donors (Lipinski definition) is 1. The van der Waals surface area contributed by atoms with Crippen LogP contribution in [0, 0.1) is 17.5 Å². The molecule has 0 aliphatic carbocycles. The van der Waals surface area contributed by atoms with Crippen LogP contribution in [0.3, 0.4) is 0 Å². The van der Waals surface area contributed by atoms with E-state index in [1.165, 1.54) is 12.1 Å². The van der Waals surface area contributed by atoms with Crippen LogP contribution in [-0.2, 0) is 24.2 Å². The second-order valence-electron chi connectivity index (χ2n) is 6.12. The summed E-state index contributed by atoms with van der Waals surface area (Å²) >= 11 is 0. The van der Waals surface area contributed by atoms with Crippen LogP contribution in [0.1, 0.15) is 30.2 Å². The maximum absolute atomic E-state index is 14.2. The molecule has 2 aromatic carbocycles. The zero-order valence-electron chi connectivity index (χ0n) is 14.5. The Labute approximate surface area is 153 Å². The van der Waals surface area contributed by atoms with Gasteiger partial charge < -0.3 is 14.3 Å². The van der Waals surface area contributed by atoms with Crippen molar-refractivity contribution in [3.63, 3.8) is 0 Å². The number of carboxylic acids is 1. The lowest BCUT2D eigenvalue weighted by atomic mass is 10.1. The Morgan fingerprint density at radius 3 is 2.44 bits per heavy atom. The van der Waals surface area contributed by atoms with Crippen molar-refractivity contribution in [3.8, 4) is 5.75 Å². The van der Waals surface area contributed by atoms with Crippen LogP contribution in [0.15, 0.2) is 34.7 Å². The Balaban J connectivity index is 1.83. The molecule has 0 unspecified atom stereocenters. The van der Waals surface area contributed by atoms with Crippen LogP contribution in [0.5, 0.6) is 5.75 Å². The Kier molecular flexibility index (Phi) is 5.39. The van der Waals surface area contributed by atoms with E-state index < -0.39 is 29.2 Å². The summed E-state index contributed by atoms with van der Waals surface area (Å²) in [5.41, 5.74) is 0.956. The van der Waals surface area contributed by atoms with Crippen molar-refractivity contribution < 1.29 is 32.2 Å². The number of carbonyl (C=O) groups is 1. The molecule has 7 heteroatoms. The third kappa shape index (κ3) is 4.24. The van der Waals surface area contributed by atoms with Crippen molar-refractivity contribution >= 4 is 16.9 Å². The minimum Gasteiger partial charge on any atom is -0.483 e. The molecule has 0 atom stereocenters. The van der Waals surface area contributed by atoms with E-state index in [1.54, 1.807) is 6.07 Å². The number of benzene rings is 2. The predicted molar refractivity (Wildman–Crippen MR) is 92.2 cm³/mol. The molecule has 1 aromatic heterocycles. The van der Waals surface area contributed by atoms with E-state index in [2.05, 4.69) is 0 Å². The molecule has 0 amide bonds. The summed E-state index contributed by atoms with van der Waals surface area (Å²) in [6.45, 7) is 1.61. The van der Waals surface area contributed by atoms with Gasteiger partial charge in [0.2, 0.25) is 0 Å². The molecule has 0 saturated heterocycles. The third-order valence-corrected chi connectivity index (χ3v) is 4.12. The predicted octanol–water partition coefficient (Wildman–Crippen LogP) is 5.01. The second kappa shape index (κ2) is 7.73. The van der Waals surface area contributed by atoms with Gasteiger partial charge in [-0.3, -0.25) is 4.79 Å². The van der Waals surface area contributed by atoms with Crippen molar-refractivity contribution in [2.45, 2.75) is 32.8 Å². The van der Waals surface area contributed by atoms with Gasteiger partial charge in [-0.2, -0.15) is 0 Å². The lowest BCUT2D eigenvalue weighted by Gasteiger charge is -2.10. The zero-order valence-corrected chi connectivity index (χ0v) is 14.5. The molecule has 3 rings (SSSR count). The van der Waals surface area contributed by atoms with Crippen molar-refractivity contribution in [2.75, 3.05) is 0 Å². The first-order chi connectivity index (χ1) is 12.9. The third-order valence-electron chi connectivity index (χ3n) is 4.12. The Morgan fingerprint density at radius 1 is 1.11 bits per heavy atom. The van der Waals surface area contributed by atoms with E-state index >= 15 is 0 Å². The molecular formula is C20H17F3O4. The highest BCUT2D eigenvalue weighted by atomic mass is 19.1. The fourth-order valence-corrected chi connectivity index (χ4v) is 2.82. The molecule has 1 heterocycles. The van der Waals surface area contributed by atoms with E-state index in [0.717, 1.165) is 12.1 Å². The lowest BCUT2D eigenvalue weighted by molar-refractivity contribution is -0.136. The monoisotopic (exact) mass is 378 g/mol. The molecular weight excluding hydrogens is 361 g/mol. The highest BCUT2D eigenvalue weighted by Crippen LogP contribution is 2.29. The highest BCUT2D eigenvalue weighted by Gasteiger charge is 2.16. The quantitative estimate of drug-likeness (QED) is 0.628. The number of carboxylic acid groups (broad SMARTS) is 1. The molecule has 27 heavy (non-hydrogen) atoms. The average molecular weight is 378 g/mol. The van der Waals surface area contributed by atoms with Gasteiger partial charge in [0.15, 0.2) is 17.4 Å². The zero-order chi connectivity index (χ0) is 19.6. The number of aliphatic carboxylic acids is 1. The molecule has 0 radical (unpaired) electrons. The van der Waals surface area contributed by atoms with Gasteiger partial charge in [-0.15, -0.1) is 0 Å². The highest BCUT2D eigenvalue weighted by molar-refractivity contribution is 5.81. The first-order valence-corrected chi connectivity index (χ1v) is 8.40. The number of fused-ring (bicyclic) bond motifs is 1. The molecule has 142 valence electrons. The van der Waals surface area contributed by atoms with Gasteiger partial charge in [0.1, 0.15) is 23.8 Å². The maximum Gasteiger partial charge on any atom is 0.303 e. The number of furan rings is 1. The van der Waals surface area contributed by atoms with Gasteiger partial charge in [-0.05, 0) is 42.3 Å². The van der Waals surface area contributed by atoms with Crippen molar-refractivity contribution in [2.24, 2.45) is 0 Å². The lowest BCUT2D eigenvalue weighted by Crippen LogP contribution is -2.03. The fraction of sp³-hybridized carbons (Fsp3) is 0.250. The van der Waals surface area contributed by atoms with Crippen LogP contribution in [0.4, 0.5) is 13.2 Å². The minimum atomic E-state index is -1.06. The fourth-order valence-electron chi connectivity index (χ4n) is 2.82. The first kappa shape index (κ1) is 18.8. The molecule has 4 nitrogen and oxygen atoms in total. The summed E-state index contributed by atoms with van der Waals surface area (Å²) < 4.78 is 53.0. The van der Waals surface area contributed by atoms with Crippen molar-refractivity contribution in [1.29, 1.82) is 0 Å². The molecule has 0 fully saturated rings. The van der Waals surface area contributed by atoms with Gasteiger partial charge in [-0.25, -0.2) is 13.2 Å². The molecule has 3 aromatic rings. The van der Waals surface area contributed by atoms with Gasteiger partial charge in [-0.1, -0.05) is 6.92 Å². The average Bonchev–Trinajstić information content (AvgIpc) is 3.02. The van der Waals surface area contributed by atoms with Gasteiger partial charge in [0, 0.05) is 23.8 Å². The largest absolute Gasteiger partial charge is 0.483 e. The summed E-state index contributed by atoms with van der Waals surface area (Å²) in [7, 11) is 0. The van der Waals surface area contributed by atoms with Crippen LogP contribution < -0.4 is 4.74 Å². The Hall–Kier alpha value is -2.96. The molecule has 0 saturated carbocycles. The number of hydrogen-bond acceptors (Lipinski definition) is 3. The second-order valence-corrected chi connectivity index (χ2v) is 6.12. The summed E-state index contributed by atoms with van der Waals surface area (Å²) in [5, 5.41) is 9.21. The summed E-state index contributed by atoms with van der Waals surface area (Å²) in [4.78, 5) is 10.6. The first-order valence-electron chi connectivity index (χ1n) is 8.40. The van der Waals surface area contributed by atoms with E-state index in [4.69, 9.17) is 14.3 Å². The van der Waals surface area contributed by atoms with Crippen LogP contribution >= 0.6 is 0 Å². The smallest absolute Gasteiger partial charge is 0.303 e. The minimum absolute atomic E-state index is 0.000161. The number of aryl methyl sites for hydroxylation is 2. The topological polar surface area (TPSA) is 59.7 Å². The van der Waals surface area contributed by atoms with E-state index in [9.17, 15) is 18.0 Å². The van der Waals surface area contributed by atoms with Gasteiger partial charge >= 0.3 is 5.97 Å². The molecule has 0 aliphatic rings. The Morgan fingerprint density at radius 2 is 1.81 bits per heavy atom. The molecule has 0 spiro atoms. The normalized spacial score (nSPS) is 11.1. The van der Waals surface area contributed by atoms with Gasteiger partial charge in [0.05, 0.1) is 0 Å². The summed E-state index contributed by atoms with van der Waals surface area (Å²) in [6, 6.07) is 6.29. The van der Waals surface area contributed by atoms with Crippen molar-refractivity contribution in [3.05, 3.63) is 64.7 Å². The standard InChI is InChI=1S/C20H17F3O4/c1-2-15-9-12-7-14(21)8-13(19(12)27-15)10-26-20-16(22)5-11(6-17(20)23)3-4-18(24)25/h5-9H,2-4,10H2,1H3,(H,24,25). The number of halogens is 3. The maximum atomic E-state index is 14.2. The van der Waals surface area contributed by atoms with Gasteiger partial charge in [0.25, 0.3) is 0 Å². The van der Waals surface area contributed by atoms with E-state index in [0.29, 0.717) is 28.7 Å². The van der Waals surface area contributed by atoms with Crippen molar-refractivity contribution in [1.82, 2.24) is 0 Å². The van der Waals surface area contributed by atoms with E-state index in [-0.39, 0.29) is 25.0 Å². The van der Waals surface area contributed by atoms with Crippen LogP contribution in [0.2, 0.25) is 0 Å². The van der Waals surface area contributed by atoms with Crippen LogP contribution in [-0.4, -0.2) is 11.1 Å². The number of rotatable bonds is 7. The van der Waals surface area contributed by atoms with Crippen LogP contribution in [0.25, 0.3) is 11.0 Å². The van der Waals surface area contributed by atoms with E-state index in [1.807, 2.05) is 6.92 Å². The SMILES string of the molecule is CCc1cc2cc(F)cc(COc3c(F)cc(CCC(=O)O)cc3F)c2o1. The summed E-state index contributed by atoms with van der Waals surface area (Å²) in [5.74, 6) is -3.40. The Bertz CT molecular complexity index is 971. The molecule has 0 bridgehead atoms.